The summed E-state index contributed by atoms with van der Waals surface area (Å²) in [6.45, 7) is 2.15. The number of carboxylic acids is 1. The molecular weight excluding hydrogens is 362 g/mol. The summed E-state index contributed by atoms with van der Waals surface area (Å²) < 4.78 is 6.11. The van der Waals surface area contributed by atoms with Crippen LogP contribution in [0.25, 0.3) is 0 Å². The van der Waals surface area contributed by atoms with E-state index in [0.717, 1.165) is 16.5 Å². The van der Waals surface area contributed by atoms with Crippen LogP contribution in [0.15, 0.2) is 45.3 Å². The molecule has 0 bridgehead atoms. The molecular formula is C17H18BrNO4. The van der Waals surface area contributed by atoms with Crippen LogP contribution in [0, 0.1) is 5.92 Å². The molecule has 122 valence electrons. The van der Waals surface area contributed by atoms with Crippen molar-refractivity contribution < 1.29 is 19.1 Å². The molecule has 1 aromatic carbocycles. The number of hydrogen-bond donors (Lipinski definition) is 2. The molecule has 0 aliphatic heterocycles. The van der Waals surface area contributed by atoms with Crippen LogP contribution in [0.1, 0.15) is 35.2 Å². The van der Waals surface area contributed by atoms with E-state index in [9.17, 15) is 9.59 Å². The molecule has 0 saturated heterocycles. The fourth-order valence-corrected chi connectivity index (χ4v) is 2.72. The number of aromatic carboxylic acids is 1. The summed E-state index contributed by atoms with van der Waals surface area (Å²) in [5.41, 5.74) is 1.09. The predicted molar refractivity (Wildman–Crippen MR) is 89.1 cm³/mol. The van der Waals surface area contributed by atoms with E-state index in [1.54, 1.807) is 6.07 Å². The first kappa shape index (κ1) is 17.3. The van der Waals surface area contributed by atoms with Crippen molar-refractivity contribution in [1.82, 2.24) is 5.32 Å². The molecule has 23 heavy (non-hydrogen) atoms. The van der Waals surface area contributed by atoms with Crippen LogP contribution >= 0.6 is 15.9 Å². The average Bonchev–Trinajstić information content (AvgIpc) is 2.99. The van der Waals surface area contributed by atoms with Gasteiger partial charge in [-0.15, -0.1) is 0 Å². The summed E-state index contributed by atoms with van der Waals surface area (Å²) in [5, 5.41) is 11.6. The van der Waals surface area contributed by atoms with Crippen molar-refractivity contribution in [3.8, 4) is 0 Å². The highest BCUT2D eigenvalue weighted by molar-refractivity contribution is 9.10. The maximum absolute atomic E-state index is 12.3. The summed E-state index contributed by atoms with van der Waals surface area (Å²) in [5.74, 6) is -1.04. The molecule has 1 heterocycles. The standard InChI is InChI=1S/C17H18BrNO4/c1-2-12(8-11-4-3-5-13(18)9-11)16(20)19-10-14-6-7-15(23-14)17(21)22/h3-7,9,12H,2,8,10H2,1H3,(H,19,20)(H,21,22). The molecule has 5 nitrogen and oxygen atoms in total. The number of carbonyl (C=O) groups is 2. The van der Waals surface area contributed by atoms with Crippen molar-refractivity contribution in [2.75, 3.05) is 0 Å². The quantitative estimate of drug-likeness (QED) is 0.769. The van der Waals surface area contributed by atoms with Gasteiger partial charge in [-0.1, -0.05) is 35.0 Å². The van der Waals surface area contributed by atoms with Crippen LogP contribution in [0.3, 0.4) is 0 Å². The van der Waals surface area contributed by atoms with E-state index in [0.29, 0.717) is 12.2 Å². The lowest BCUT2D eigenvalue weighted by Crippen LogP contribution is -2.31. The first-order valence-electron chi connectivity index (χ1n) is 7.33. The largest absolute Gasteiger partial charge is 0.475 e. The topological polar surface area (TPSA) is 79.5 Å². The Morgan fingerprint density at radius 1 is 1.30 bits per heavy atom. The number of amides is 1. The van der Waals surface area contributed by atoms with Gasteiger partial charge in [0.2, 0.25) is 11.7 Å². The second-order valence-corrected chi connectivity index (χ2v) is 6.14. The molecule has 0 fully saturated rings. The maximum Gasteiger partial charge on any atom is 0.371 e. The number of benzene rings is 1. The molecule has 1 atom stereocenters. The van der Waals surface area contributed by atoms with Crippen molar-refractivity contribution in [2.24, 2.45) is 5.92 Å². The van der Waals surface area contributed by atoms with E-state index in [2.05, 4.69) is 21.2 Å². The molecule has 1 amide bonds. The Labute approximate surface area is 142 Å². The average molecular weight is 380 g/mol. The van der Waals surface area contributed by atoms with Crippen LogP contribution in [-0.2, 0) is 17.8 Å². The lowest BCUT2D eigenvalue weighted by atomic mass is 9.96. The summed E-state index contributed by atoms with van der Waals surface area (Å²) in [4.78, 5) is 23.0. The SMILES string of the molecule is CCC(Cc1cccc(Br)c1)C(=O)NCc1ccc(C(=O)O)o1. The normalized spacial score (nSPS) is 11.9. The van der Waals surface area contributed by atoms with Crippen molar-refractivity contribution in [2.45, 2.75) is 26.3 Å². The van der Waals surface area contributed by atoms with Crippen LogP contribution in [0.5, 0.6) is 0 Å². The molecule has 0 aliphatic rings. The number of nitrogens with one attached hydrogen (secondary N) is 1. The van der Waals surface area contributed by atoms with E-state index in [1.165, 1.54) is 6.07 Å². The third-order valence-corrected chi connectivity index (χ3v) is 4.04. The molecule has 0 saturated carbocycles. The molecule has 2 aromatic rings. The monoisotopic (exact) mass is 379 g/mol. The highest BCUT2D eigenvalue weighted by Crippen LogP contribution is 2.17. The third kappa shape index (κ3) is 4.96. The lowest BCUT2D eigenvalue weighted by molar-refractivity contribution is -0.125. The Balaban J connectivity index is 1.92. The second-order valence-electron chi connectivity index (χ2n) is 5.23. The van der Waals surface area contributed by atoms with Gasteiger partial charge in [-0.25, -0.2) is 4.79 Å². The van der Waals surface area contributed by atoms with Gasteiger partial charge >= 0.3 is 5.97 Å². The van der Waals surface area contributed by atoms with Crippen molar-refractivity contribution in [3.05, 3.63) is 58.0 Å². The smallest absolute Gasteiger partial charge is 0.371 e. The zero-order valence-corrected chi connectivity index (χ0v) is 14.3. The minimum Gasteiger partial charge on any atom is -0.475 e. The highest BCUT2D eigenvalue weighted by Gasteiger charge is 2.18. The lowest BCUT2D eigenvalue weighted by Gasteiger charge is -2.14. The van der Waals surface area contributed by atoms with Crippen LogP contribution in [0.2, 0.25) is 0 Å². The van der Waals surface area contributed by atoms with Gasteiger partial charge in [0.25, 0.3) is 0 Å². The number of hydrogen-bond acceptors (Lipinski definition) is 3. The first-order valence-corrected chi connectivity index (χ1v) is 8.13. The Kier molecular flexibility index (Phi) is 5.98. The number of carboxylic acid groups (broad SMARTS) is 1. The fraction of sp³-hybridized carbons (Fsp3) is 0.294. The molecule has 1 aromatic heterocycles. The molecule has 1 unspecified atom stereocenters. The van der Waals surface area contributed by atoms with Crippen molar-refractivity contribution >= 4 is 27.8 Å². The number of rotatable bonds is 7. The summed E-state index contributed by atoms with van der Waals surface area (Å²) >= 11 is 3.43. The van der Waals surface area contributed by atoms with Gasteiger partial charge < -0.3 is 14.8 Å². The van der Waals surface area contributed by atoms with Crippen LogP contribution < -0.4 is 5.32 Å². The highest BCUT2D eigenvalue weighted by atomic mass is 79.9. The van der Waals surface area contributed by atoms with E-state index in [-0.39, 0.29) is 24.1 Å². The van der Waals surface area contributed by atoms with Crippen LogP contribution in [0.4, 0.5) is 0 Å². The minimum absolute atomic E-state index is 0.0687. The van der Waals surface area contributed by atoms with E-state index >= 15 is 0 Å². The zero-order valence-electron chi connectivity index (χ0n) is 12.7. The Morgan fingerprint density at radius 3 is 2.70 bits per heavy atom. The van der Waals surface area contributed by atoms with Crippen molar-refractivity contribution in [3.63, 3.8) is 0 Å². The van der Waals surface area contributed by atoms with E-state index in [1.807, 2.05) is 31.2 Å². The van der Waals surface area contributed by atoms with Gasteiger partial charge in [0.05, 0.1) is 6.54 Å². The van der Waals surface area contributed by atoms with E-state index in [4.69, 9.17) is 9.52 Å². The first-order chi connectivity index (χ1) is 11.0. The molecule has 0 radical (unpaired) electrons. The van der Waals surface area contributed by atoms with Crippen LogP contribution in [-0.4, -0.2) is 17.0 Å². The number of halogens is 1. The summed E-state index contributed by atoms with van der Waals surface area (Å²) in [6, 6.07) is 10.8. The van der Waals surface area contributed by atoms with Gasteiger partial charge in [-0.05, 0) is 42.7 Å². The third-order valence-electron chi connectivity index (χ3n) is 3.54. The second kappa shape index (κ2) is 7.97. The predicted octanol–water partition coefficient (Wildman–Crippen LogP) is 3.63. The zero-order chi connectivity index (χ0) is 16.8. The summed E-state index contributed by atoms with van der Waals surface area (Å²) in [6.07, 6.45) is 1.37. The van der Waals surface area contributed by atoms with Gasteiger partial charge in [0, 0.05) is 10.4 Å². The maximum atomic E-state index is 12.3. The van der Waals surface area contributed by atoms with Crippen molar-refractivity contribution in [1.29, 1.82) is 0 Å². The molecule has 0 aliphatic carbocycles. The number of carbonyl (C=O) groups excluding carboxylic acids is 1. The Bertz CT molecular complexity index is 695. The Hall–Kier alpha value is -2.08. The summed E-state index contributed by atoms with van der Waals surface area (Å²) in [7, 11) is 0. The van der Waals surface area contributed by atoms with E-state index < -0.39 is 5.97 Å². The molecule has 0 spiro atoms. The number of furan rings is 1. The van der Waals surface area contributed by atoms with Gasteiger partial charge in [0.1, 0.15) is 5.76 Å². The van der Waals surface area contributed by atoms with Gasteiger partial charge in [-0.2, -0.15) is 0 Å². The minimum atomic E-state index is -1.12. The fourth-order valence-electron chi connectivity index (χ4n) is 2.28. The van der Waals surface area contributed by atoms with Gasteiger partial charge in [-0.3, -0.25) is 4.79 Å². The molecule has 2 rings (SSSR count). The molecule has 6 heteroatoms. The van der Waals surface area contributed by atoms with Gasteiger partial charge in [0.15, 0.2) is 0 Å². The molecule has 2 N–H and O–H groups in total. The Morgan fingerprint density at radius 2 is 2.09 bits per heavy atom.